The highest BCUT2D eigenvalue weighted by Gasteiger charge is 2.26. The van der Waals surface area contributed by atoms with Crippen LogP contribution in [0.25, 0.3) is 0 Å². The van der Waals surface area contributed by atoms with Gasteiger partial charge in [0, 0.05) is 12.6 Å². The smallest absolute Gasteiger partial charge is 0.125 e. The number of rotatable bonds is 2. The van der Waals surface area contributed by atoms with Crippen LogP contribution in [0.5, 0.6) is 0 Å². The predicted molar refractivity (Wildman–Crippen MR) is 81.7 cm³/mol. The van der Waals surface area contributed by atoms with Crippen LogP contribution < -0.4 is 10.2 Å². The lowest BCUT2D eigenvalue weighted by Crippen LogP contribution is -2.40. The van der Waals surface area contributed by atoms with Gasteiger partial charge in [-0.15, -0.1) is 0 Å². The van der Waals surface area contributed by atoms with Crippen LogP contribution in [0.1, 0.15) is 25.5 Å². The Balaban J connectivity index is 2.00. The first-order valence-corrected chi connectivity index (χ1v) is 7.03. The Morgan fingerprint density at radius 2 is 1.90 bits per heavy atom. The number of nitrogens with zero attached hydrogens (tertiary/aromatic N) is 1. The Morgan fingerprint density at radius 1 is 1.15 bits per heavy atom. The molecule has 0 aromatic heterocycles. The van der Waals surface area contributed by atoms with Crippen molar-refractivity contribution in [2.45, 2.75) is 25.9 Å². The fraction of sp³-hybridized carbons (Fsp3) is 0.294. The third-order valence-corrected chi connectivity index (χ3v) is 3.80. The molecule has 3 rings (SSSR count). The number of hydrogen-bond donors (Lipinski definition) is 1. The fourth-order valence-corrected chi connectivity index (χ4v) is 2.77. The third kappa shape index (κ3) is 2.36. The summed E-state index contributed by atoms with van der Waals surface area (Å²) in [6.45, 7) is 5.22. The molecule has 20 heavy (non-hydrogen) atoms. The normalized spacial score (nSPS) is 17.8. The zero-order valence-electron chi connectivity index (χ0n) is 11.8. The quantitative estimate of drug-likeness (QED) is 0.879. The number of halogens is 1. The SMILES string of the molecule is CC(C)N1CC(c2ccccc2)Nc2cc(F)ccc21. The Kier molecular flexibility index (Phi) is 3.35. The van der Waals surface area contributed by atoms with Gasteiger partial charge in [0.05, 0.1) is 17.4 Å². The molecule has 0 aliphatic carbocycles. The van der Waals surface area contributed by atoms with Gasteiger partial charge >= 0.3 is 0 Å². The second-order valence-corrected chi connectivity index (χ2v) is 5.52. The van der Waals surface area contributed by atoms with Crippen LogP contribution in [-0.2, 0) is 0 Å². The summed E-state index contributed by atoms with van der Waals surface area (Å²) in [6.07, 6.45) is 0. The molecule has 0 bridgehead atoms. The van der Waals surface area contributed by atoms with E-state index in [-0.39, 0.29) is 11.9 Å². The maximum Gasteiger partial charge on any atom is 0.125 e. The van der Waals surface area contributed by atoms with Gasteiger partial charge in [0.1, 0.15) is 5.82 Å². The molecular weight excluding hydrogens is 251 g/mol. The van der Waals surface area contributed by atoms with Crippen molar-refractivity contribution in [2.24, 2.45) is 0 Å². The molecule has 2 aromatic rings. The van der Waals surface area contributed by atoms with Gasteiger partial charge in [-0.05, 0) is 37.6 Å². The second-order valence-electron chi connectivity index (χ2n) is 5.52. The number of benzene rings is 2. The van der Waals surface area contributed by atoms with Crippen molar-refractivity contribution in [1.82, 2.24) is 0 Å². The van der Waals surface area contributed by atoms with Crippen molar-refractivity contribution in [1.29, 1.82) is 0 Å². The van der Waals surface area contributed by atoms with Crippen LogP contribution in [-0.4, -0.2) is 12.6 Å². The largest absolute Gasteiger partial charge is 0.375 e. The minimum absolute atomic E-state index is 0.188. The van der Waals surface area contributed by atoms with Crippen molar-refractivity contribution in [3.63, 3.8) is 0 Å². The van der Waals surface area contributed by atoms with Crippen LogP contribution in [0.4, 0.5) is 15.8 Å². The molecule has 1 atom stereocenters. The van der Waals surface area contributed by atoms with E-state index in [0.29, 0.717) is 6.04 Å². The number of nitrogens with one attached hydrogen (secondary N) is 1. The molecule has 1 heterocycles. The van der Waals surface area contributed by atoms with Crippen molar-refractivity contribution in [3.05, 3.63) is 59.9 Å². The van der Waals surface area contributed by atoms with E-state index in [2.05, 4.69) is 36.2 Å². The van der Waals surface area contributed by atoms with Gasteiger partial charge < -0.3 is 10.2 Å². The van der Waals surface area contributed by atoms with Gasteiger partial charge in [-0.2, -0.15) is 0 Å². The Labute approximate surface area is 119 Å². The summed E-state index contributed by atoms with van der Waals surface area (Å²) in [7, 11) is 0. The van der Waals surface area contributed by atoms with Crippen LogP contribution >= 0.6 is 0 Å². The van der Waals surface area contributed by atoms with Gasteiger partial charge in [0.25, 0.3) is 0 Å². The molecule has 1 aliphatic rings. The maximum absolute atomic E-state index is 13.5. The lowest BCUT2D eigenvalue weighted by molar-refractivity contribution is 0.605. The van der Waals surface area contributed by atoms with E-state index in [1.807, 2.05) is 24.3 Å². The lowest BCUT2D eigenvalue weighted by atomic mass is 10.0. The summed E-state index contributed by atoms with van der Waals surface area (Å²) in [5.74, 6) is -0.200. The first kappa shape index (κ1) is 13.0. The van der Waals surface area contributed by atoms with E-state index < -0.39 is 0 Å². The molecular formula is C17H19FN2. The number of fused-ring (bicyclic) bond motifs is 1. The highest BCUT2D eigenvalue weighted by Crippen LogP contribution is 2.37. The number of hydrogen-bond acceptors (Lipinski definition) is 2. The predicted octanol–water partition coefficient (Wildman–Crippen LogP) is 4.21. The maximum atomic E-state index is 13.5. The summed E-state index contributed by atoms with van der Waals surface area (Å²) in [5.41, 5.74) is 3.18. The first-order chi connectivity index (χ1) is 9.65. The fourth-order valence-electron chi connectivity index (χ4n) is 2.77. The summed E-state index contributed by atoms with van der Waals surface area (Å²) < 4.78 is 13.5. The molecule has 0 fully saturated rings. The summed E-state index contributed by atoms with van der Waals surface area (Å²) in [5, 5.41) is 3.46. The molecule has 1 unspecified atom stereocenters. The Bertz CT molecular complexity index is 595. The van der Waals surface area contributed by atoms with Crippen molar-refractivity contribution < 1.29 is 4.39 Å². The van der Waals surface area contributed by atoms with Crippen molar-refractivity contribution in [2.75, 3.05) is 16.8 Å². The van der Waals surface area contributed by atoms with Gasteiger partial charge in [-0.1, -0.05) is 30.3 Å². The van der Waals surface area contributed by atoms with Crippen LogP contribution in [0.3, 0.4) is 0 Å². The minimum Gasteiger partial charge on any atom is -0.375 e. The standard InChI is InChI=1S/C17H19FN2/c1-12(2)20-11-16(13-6-4-3-5-7-13)19-15-10-14(18)8-9-17(15)20/h3-10,12,16,19H,11H2,1-2H3. The van der Waals surface area contributed by atoms with Crippen LogP contribution in [0.2, 0.25) is 0 Å². The molecule has 1 N–H and O–H groups in total. The molecule has 0 spiro atoms. The highest BCUT2D eigenvalue weighted by molar-refractivity contribution is 5.73. The van der Waals surface area contributed by atoms with E-state index in [0.717, 1.165) is 17.9 Å². The zero-order chi connectivity index (χ0) is 14.1. The molecule has 0 saturated heterocycles. The molecule has 3 heteroatoms. The van der Waals surface area contributed by atoms with E-state index in [9.17, 15) is 4.39 Å². The molecule has 2 aromatic carbocycles. The summed E-state index contributed by atoms with van der Waals surface area (Å²) in [4.78, 5) is 2.32. The Hall–Kier alpha value is -2.03. The first-order valence-electron chi connectivity index (χ1n) is 7.03. The van der Waals surface area contributed by atoms with Gasteiger partial charge in [-0.3, -0.25) is 0 Å². The summed E-state index contributed by atoms with van der Waals surface area (Å²) in [6, 6.07) is 15.9. The molecule has 104 valence electrons. The van der Waals surface area contributed by atoms with Gasteiger partial charge in [-0.25, -0.2) is 4.39 Å². The van der Waals surface area contributed by atoms with Crippen molar-refractivity contribution >= 4 is 11.4 Å². The topological polar surface area (TPSA) is 15.3 Å². The Morgan fingerprint density at radius 3 is 2.60 bits per heavy atom. The molecule has 0 radical (unpaired) electrons. The molecule has 1 aliphatic heterocycles. The second kappa shape index (κ2) is 5.16. The van der Waals surface area contributed by atoms with E-state index in [4.69, 9.17) is 0 Å². The monoisotopic (exact) mass is 270 g/mol. The van der Waals surface area contributed by atoms with Crippen LogP contribution in [0.15, 0.2) is 48.5 Å². The third-order valence-electron chi connectivity index (χ3n) is 3.80. The summed E-state index contributed by atoms with van der Waals surface area (Å²) >= 11 is 0. The van der Waals surface area contributed by atoms with E-state index in [1.165, 1.54) is 11.6 Å². The van der Waals surface area contributed by atoms with E-state index >= 15 is 0 Å². The lowest BCUT2D eigenvalue weighted by Gasteiger charge is -2.40. The zero-order valence-corrected chi connectivity index (χ0v) is 11.8. The average Bonchev–Trinajstić information content (AvgIpc) is 2.46. The van der Waals surface area contributed by atoms with Gasteiger partial charge in [0.2, 0.25) is 0 Å². The number of anilines is 2. The molecule has 2 nitrogen and oxygen atoms in total. The van der Waals surface area contributed by atoms with Crippen LogP contribution in [0, 0.1) is 5.82 Å². The molecule has 0 amide bonds. The average molecular weight is 270 g/mol. The minimum atomic E-state index is -0.200. The van der Waals surface area contributed by atoms with Gasteiger partial charge in [0.15, 0.2) is 0 Å². The highest BCUT2D eigenvalue weighted by atomic mass is 19.1. The van der Waals surface area contributed by atoms with Crippen molar-refractivity contribution in [3.8, 4) is 0 Å². The van der Waals surface area contributed by atoms with E-state index in [1.54, 1.807) is 6.07 Å². The molecule has 0 saturated carbocycles.